The molecule has 0 aromatic heterocycles. The summed E-state index contributed by atoms with van der Waals surface area (Å²) in [4.78, 5) is 13.6. The van der Waals surface area contributed by atoms with Crippen molar-refractivity contribution in [1.82, 2.24) is 0 Å². The van der Waals surface area contributed by atoms with Crippen molar-refractivity contribution in [3.63, 3.8) is 0 Å². The third kappa shape index (κ3) is 21.7. The molecule has 1 aromatic rings. The van der Waals surface area contributed by atoms with Crippen molar-refractivity contribution < 1.29 is 26.8 Å². The Bertz CT molecular complexity index is 695. The molecule has 2 nitrogen and oxygen atoms in total. The van der Waals surface area contributed by atoms with Gasteiger partial charge in [0.15, 0.2) is 4.90 Å². The second kappa shape index (κ2) is 23.7. The average molecular weight is 565 g/mol. The minimum atomic E-state index is -6.00. The molecular weight excluding hydrogens is 511 g/mol. The van der Waals surface area contributed by atoms with Crippen LogP contribution in [0.15, 0.2) is 29.2 Å². The lowest BCUT2D eigenvalue weighted by Gasteiger charge is -2.15. The Balaban J connectivity index is 0.00000249. The van der Waals surface area contributed by atoms with Crippen LogP contribution in [0.3, 0.4) is 0 Å². The van der Waals surface area contributed by atoms with E-state index in [9.17, 15) is 22.1 Å². The predicted octanol–water partition coefficient (Wildman–Crippen LogP) is 10.8. The van der Waals surface area contributed by atoms with Gasteiger partial charge in [-0.1, -0.05) is 109 Å². The Kier molecular flexibility index (Phi) is 23.0. The molecule has 0 bridgehead atoms. The highest BCUT2D eigenvalue weighted by molar-refractivity contribution is 7.97. The van der Waals surface area contributed by atoms with Crippen LogP contribution in [0.2, 0.25) is 0 Å². The van der Waals surface area contributed by atoms with Gasteiger partial charge in [0.25, 0.3) is 0 Å². The normalized spacial score (nSPS) is 12.2. The summed E-state index contributed by atoms with van der Waals surface area (Å²) in [5.74, 6) is 1.02. The number of carbonyl (C=O) groups excluding carboxylic acids is 1. The van der Waals surface area contributed by atoms with Crippen LogP contribution in [-0.2, 0) is 15.6 Å². The Morgan fingerprint density at radius 1 is 0.737 bits per heavy atom. The molecule has 0 N–H and O–H groups in total. The van der Waals surface area contributed by atoms with Gasteiger partial charge in [-0.25, -0.2) is 4.79 Å². The van der Waals surface area contributed by atoms with Crippen molar-refractivity contribution in [2.75, 3.05) is 12.4 Å². The van der Waals surface area contributed by atoms with Gasteiger partial charge in [-0.05, 0) is 45.7 Å². The molecule has 0 spiro atoms. The average Bonchev–Trinajstić information content (AvgIpc) is 2.85. The van der Waals surface area contributed by atoms with E-state index in [0.29, 0.717) is 11.9 Å². The van der Waals surface area contributed by atoms with Crippen LogP contribution in [0.1, 0.15) is 141 Å². The zero-order valence-corrected chi connectivity index (χ0v) is 25.2. The molecule has 1 aromatic carbocycles. The summed E-state index contributed by atoms with van der Waals surface area (Å²) in [6.45, 7) is 9.18. The first-order chi connectivity index (χ1) is 18.1. The van der Waals surface area contributed by atoms with Crippen LogP contribution in [0.4, 0.5) is 17.3 Å². The highest BCUT2D eigenvalue weighted by atomic mass is 32.2. The van der Waals surface area contributed by atoms with E-state index < -0.39 is 7.25 Å². The van der Waals surface area contributed by atoms with Crippen LogP contribution in [0.25, 0.3) is 0 Å². The van der Waals surface area contributed by atoms with Gasteiger partial charge in [-0.2, -0.15) is 0 Å². The Morgan fingerprint density at radius 3 is 1.53 bits per heavy atom. The molecule has 0 radical (unpaired) electrons. The predicted molar refractivity (Wildman–Crippen MR) is 158 cm³/mol. The molecule has 0 aliphatic rings. The summed E-state index contributed by atoms with van der Waals surface area (Å²) >= 11 is 0. The largest absolute Gasteiger partial charge is 0.673 e. The second-order valence-electron chi connectivity index (χ2n) is 10.2. The molecule has 0 aliphatic carbocycles. The molecule has 1 rings (SSSR count). The molecule has 1 atom stereocenters. The summed E-state index contributed by atoms with van der Waals surface area (Å²) in [5.41, 5.74) is 0.771. The maximum atomic E-state index is 12.4. The van der Waals surface area contributed by atoms with Crippen LogP contribution < -0.4 is 0 Å². The van der Waals surface area contributed by atoms with E-state index in [1.807, 2.05) is 19.1 Å². The fraction of sp³-hybridized carbons (Fsp3) is 0.767. The third-order valence-corrected chi connectivity index (χ3v) is 9.24. The van der Waals surface area contributed by atoms with Crippen LogP contribution >= 0.6 is 0 Å². The molecule has 0 aliphatic heterocycles. The van der Waals surface area contributed by atoms with Crippen molar-refractivity contribution in [3.8, 4) is 0 Å². The zero-order chi connectivity index (χ0) is 28.7. The number of hydrogen-bond acceptors (Lipinski definition) is 2. The SMILES string of the molecule is CCCCCCCCCCCCCCCCCC[S+](c1ccccc1C(=O)OCC)C(C)C.F[B-](F)(F)F. The van der Waals surface area contributed by atoms with E-state index in [-0.39, 0.29) is 16.9 Å². The van der Waals surface area contributed by atoms with Gasteiger partial charge in [-0.15, -0.1) is 0 Å². The Hall–Kier alpha value is -1.18. The molecule has 8 heteroatoms. The number of rotatable bonds is 21. The second-order valence-corrected chi connectivity index (χ2v) is 12.8. The quantitative estimate of drug-likeness (QED) is 0.0488. The summed E-state index contributed by atoms with van der Waals surface area (Å²) in [6, 6.07) is 8.09. The molecule has 0 heterocycles. The van der Waals surface area contributed by atoms with E-state index in [1.165, 1.54) is 113 Å². The molecule has 0 saturated carbocycles. The molecule has 0 amide bonds. The maximum absolute atomic E-state index is 12.4. The maximum Gasteiger partial charge on any atom is 0.673 e. The minimum Gasteiger partial charge on any atom is -0.462 e. The lowest BCUT2D eigenvalue weighted by molar-refractivity contribution is 0.0522. The molecule has 0 fully saturated rings. The highest BCUT2D eigenvalue weighted by Gasteiger charge is 2.30. The fourth-order valence-electron chi connectivity index (χ4n) is 4.48. The van der Waals surface area contributed by atoms with E-state index in [4.69, 9.17) is 4.74 Å². The number of unbranched alkanes of at least 4 members (excludes halogenated alkanes) is 15. The first kappa shape index (κ1) is 36.8. The smallest absolute Gasteiger partial charge is 0.462 e. The third-order valence-electron chi connectivity index (χ3n) is 6.45. The van der Waals surface area contributed by atoms with Crippen molar-refractivity contribution in [2.24, 2.45) is 0 Å². The van der Waals surface area contributed by atoms with Crippen molar-refractivity contribution in [2.45, 2.75) is 141 Å². The number of esters is 1. The molecule has 38 heavy (non-hydrogen) atoms. The minimum absolute atomic E-state index is 0.106. The van der Waals surface area contributed by atoms with Gasteiger partial charge >= 0.3 is 13.2 Å². The van der Waals surface area contributed by atoms with Crippen molar-refractivity contribution in [3.05, 3.63) is 29.8 Å². The van der Waals surface area contributed by atoms with Gasteiger partial charge in [0, 0.05) is 10.9 Å². The van der Waals surface area contributed by atoms with Crippen LogP contribution in [-0.4, -0.2) is 30.8 Å². The topological polar surface area (TPSA) is 26.3 Å². The highest BCUT2D eigenvalue weighted by Crippen LogP contribution is 2.25. The molecule has 0 saturated heterocycles. The first-order valence-electron chi connectivity index (χ1n) is 14.9. The molecule has 1 unspecified atom stereocenters. The van der Waals surface area contributed by atoms with E-state index >= 15 is 0 Å². The zero-order valence-electron chi connectivity index (χ0n) is 24.4. The van der Waals surface area contributed by atoms with Gasteiger partial charge in [0.2, 0.25) is 0 Å². The monoisotopic (exact) mass is 564 g/mol. The summed E-state index contributed by atoms with van der Waals surface area (Å²) in [6.07, 6.45) is 22.4. The molecular formula is C30H53BF4O2S. The fourth-order valence-corrected chi connectivity index (χ4v) is 6.88. The Labute approximate surface area is 233 Å². The number of carbonyl (C=O) groups is 1. The van der Waals surface area contributed by atoms with Gasteiger partial charge < -0.3 is 22.0 Å². The lowest BCUT2D eigenvalue weighted by Crippen LogP contribution is -2.22. The van der Waals surface area contributed by atoms with E-state index in [1.54, 1.807) is 0 Å². The van der Waals surface area contributed by atoms with Crippen LogP contribution in [0, 0.1) is 0 Å². The van der Waals surface area contributed by atoms with E-state index in [2.05, 4.69) is 32.9 Å². The van der Waals surface area contributed by atoms with Gasteiger partial charge in [0.1, 0.15) is 16.6 Å². The lowest BCUT2D eigenvalue weighted by atomic mass is 10.0. The van der Waals surface area contributed by atoms with Gasteiger partial charge in [-0.3, -0.25) is 0 Å². The van der Waals surface area contributed by atoms with Crippen molar-refractivity contribution >= 4 is 24.1 Å². The summed E-state index contributed by atoms with van der Waals surface area (Å²) < 4.78 is 44.3. The first-order valence-corrected chi connectivity index (χ1v) is 16.4. The van der Waals surface area contributed by atoms with Crippen LogP contribution in [0.5, 0.6) is 0 Å². The van der Waals surface area contributed by atoms with E-state index in [0.717, 1.165) is 5.56 Å². The number of hydrogen-bond donors (Lipinski definition) is 0. The van der Waals surface area contributed by atoms with Crippen molar-refractivity contribution in [1.29, 1.82) is 0 Å². The number of halogens is 4. The summed E-state index contributed by atoms with van der Waals surface area (Å²) in [5, 5.41) is 0.553. The number of ether oxygens (including phenoxy) is 1. The van der Waals surface area contributed by atoms with Gasteiger partial charge in [0.05, 0.1) is 6.61 Å². The molecule has 222 valence electrons. The summed E-state index contributed by atoms with van der Waals surface area (Å²) in [7, 11) is -5.89. The standard InChI is InChI=1S/C30H53O2S.BF4/c1-5-7-8-9-10-11-12-13-14-15-16-17-18-19-20-23-26-33(27(3)4)29-25-22-21-24-28(29)30(31)32-6-2;2-1(3,4)5/h21-22,24-25,27H,5-20,23,26H2,1-4H3;/q+1;-1. The Morgan fingerprint density at radius 2 is 1.13 bits per heavy atom. The number of benzene rings is 1.